The van der Waals surface area contributed by atoms with Crippen LogP contribution in [-0.2, 0) is 9.53 Å². The quantitative estimate of drug-likeness (QED) is 0.878. The Hall–Kier alpha value is -2.34. The maximum absolute atomic E-state index is 11.9. The molecule has 110 valence electrons. The summed E-state index contributed by atoms with van der Waals surface area (Å²) in [5.74, 6) is -1.26. The number of benzene rings is 1. The van der Waals surface area contributed by atoms with Crippen LogP contribution in [0.15, 0.2) is 34.9 Å². The van der Waals surface area contributed by atoms with E-state index in [-0.39, 0.29) is 5.76 Å². The van der Waals surface area contributed by atoms with Gasteiger partial charge in [0.2, 0.25) is 5.76 Å². The molecule has 1 amide bonds. The molecule has 1 aromatic heterocycles. The molecular formula is C14H13ClN2O4. The van der Waals surface area contributed by atoms with E-state index in [1.165, 1.54) is 13.0 Å². The fourth-order valence-electron chi connectivity index (χ4n) is 1.54. The third-order valence-corrected chi connectivity index (χ3v) is 2.81. The van der Waals surface area contributed by atoms with E-state index in [9.17, 15) is 9.59 Å². The predicted molar refractivity (Wildman–Crippen MR) is 76.2 cm³/mol. The van der Waals surface area contributed by atoms with Crippen molar-refractivity contribution in [2.24, 2.45) is 0 Å². The third kappa shape index (κ3) is 4.06. The van der Waals surface area contributed by atoms with Gasteiger partial charge in [-0.1, -0.05) is 22.8 Å². The van der Waals surface area contributed by atoms with Gasteiger partial charge in [0.1, 0.15) is 0 Å². The second kappa shape index (κ2) is 6.41. The van der Waals surface area contributed by atoms with Crippen molar-refractivity contribution < 1.29 is 18.8 Å². The molecule has 6 nitrogen and oxygen atoms in total. The first-order valence-corrected chi connectivity index (χ1v) is 6.54. The highest BCUT2D eigenvalue weighted by Crippen LogP contribution is 2.15. The van der Waals surface area contributed by atoms with Gasteiger partial charge in [0.15, 0.2) is 6.10 Å². The minimum atomic E-state index is -0.984. The van der Waals surface area contributed by atoms with Crippen molar-refractivity contribution in [3.8, 4) is 0 Å². The van der Waals surface area contributed by atoms with Crippen LogP contribution in [0.25, 0.3) is 0 Å². The van der Waals surface area contributed by atoms with Gasteiger partial charge in [-0.2, -0.15) is 0 Å². The van der Waals surface area contributed by atoms with Crippen LogP contribution in [0.2, 0.25) is 5.02 Å². The van der Waals surface area contributed by atoms with Gasteiger partial charge in [0, 0.05) is 16.8 Å². The van der Waals surface area contributed by atoms with Crippen molar-refractivity contribution in [2.45, 2.75) is 20.0 Å². The maximum atomic E-state index is 11.9. The average molecular weight is 309 g/mol. The molecule has 0 bridgehead atoms. The second-order valence-corrected chi connectivity index (χ2v) is 4.82. The molecule has 0 aliphatic rings. The Bertz CT molecular complexity index is 668. The standard InChI is InChI=1S/C14H13ClN2O4/c1-8-6-12(21-17-8)14(19)20-9(2)13(18)16-11-5-3-4-10(15)7-11/h3-7,9H,1-2H3,(H,16,18). The van der Waals surface area contributed by atoms with Crippen molar-refractivity contribution in [3.05, 3.63) is 46.8 Å². The fraction of sp³-hybridized carbons (Fsp3) is 0.214. The lowest BCUT2D eigenvalue weighted by atomic mass is 10.3. The number of aromatic nitrogens is 1. The van der Waals surface area contributed by atoms with Crippen molar-refractivity contribution in [3.63, 3.8) is 0 Å². The van der Waals surface area contributed by atoms with Crippen LogP contribution >= 0.6 is 11.6 Å². The molecule has 0 saturated carbocycles. The number of carbonyl (C=O) groups is 2. The summed E-state index contributed by atoms with van der Waals surface area (Å²) in [7, 11) is 0. The summed E-state index contributed by atoms with van der Waals surface area (Å²) < 4.78 is 9.76. The summed E-state index contributed by atoms with van der Waals surface area (Å²) in [6.45, 7) is 3.14. The molecule has 2 aromatic rings. The number of hydrogen-bond acceptors (Lipinski definition) is 5. The van der Waals surface area contributed by atoms with Crippen molar-refractivity contribution in [1.29, 1.82) is 0 Å². The molecule has 0 aliphatic carbocycles. The Balaban J connectivity index is 1.95. The lowest BCUT2D eigenvalue weighted by Crippen LogP contribution is -2.29. The first kappa shape index (κ1) is 15.1. The zero-order valence-electron chi connectivity index (χ0n) is 11.4. The van der Waals surface area contributed by atoms with Gasteiger partial charge in [0.05, 0.1) is 5.69 Å². The number of rotatable bonds is 4. The SMILES string of the molecule is Cc1cc(C(=O)OC(C)C(=O)Nc2cccc(Cl)c2)on1. The molecule has 0 fully saturated rings. The molecule has 0 aliphatic heterocycles. The number of halogens is 1. The van der Waals surface area contributed by atoms with Gasteiger partial charge in [-0.15, -0.1) is 0 Å². The molecule has 21 heavy (non-hydrogen) atoms. The van der Waals surface area contributed by atoms with Gasteiger partial charge < -0.3 is 14.6 Å². The fourth-order valence-corrected chi connectivity index (χ4v) is 1.73. The molecule has 7 heteroatoms. The minimum absolute atomic E-state index is 0.0464. The number of carbonyl (C=O) groups excluding carboxylic acids is 2. The number of anilines is 1. The van der Waals surface area contributed by atoms with E-state index < -0.39 is 18.0 Å². The second-order valence-electron chi connectivity index (χ2n) is 4.38. The van der Waals surface area contributed by atoms with Crippen LogP contribution < -0.4 is 5.32 Å². The molecule has 1 unspecified atom stereocenters. The monoisotopic (exact) mass is 308 g/mol. The number of aryl methyl sites for hydroxylation is 1. The van der Waals surface area contributed by atoms with Crippen LogP contribution in [0.1, 0.15) is 23.2 Å². The largest absolute Gasteiger partial charge is 0.447 e. The normalized spacial score (nSPS) is 11.8. The van der Waals surface area contributed by atoms with Crippen LogP contribution in [0.3, 0.4) is 0 Å². The van der Waals surface area contributed by atoms with Gasteiger partial charge in [0.25, 0.3) is 5.91 Å². The maximum Gasteiger partial charge on any atom is 0.377 e. The van der Waals surface area contributed by atoms with E-state index >= 15 is 0 Å². The number of amides is 1. The Kier molecular flexibility index (Phi) is 4.59. The molecule has 0 spiro atoms. The summed E-state index contributed by atoms with van der Waals surface area (Å²) in [6, 6.07) is 8.09. The van der Waals surface area contributed by atoms with Crippen molar-refractivity contribution in [1.82, 2.24) is 5.16 Å². The molecule has 0 radical (unpaired) electrons. The zero-order chi connectivity index (χ0) is 15.4. The van der Waals surface area contributed by atoms with Crippen LogP contribution in [0.5, 0.6) is 0 Å². The lowest BCUT2D eigenvalue weighted by molar-refractivity contribution is -0.123. The number of ether oxygens (including phenoxy) is 1. The highest BCUT2D eigenvalue weighted by molar-refractivity contribution is 6.30. The molecule has 1 atom stereocenters. The highest BCUT2D eigenvalue weighted by atomic mass is 35.5. The van der Waals surface area contributed by atoms with Crippen molar-refractivity contribution >= 4 is 29.2 Å². The highest BCUT2D eigenvalue weighted by Gasteiger charge is 2.21. The van der Waals surface area contributed by atoms with E-state index in [0.29, 0.717) is 16.4 Å². The molecule has 2 rings (SSSR count). The van der Waals surface area contributed by atoms with Crippen molar-refractivity contribution in [2.75, 3.05) is 5.32 Å². The van der Waals surface area contributed by atoms with E-state index in [1.54, 1.807) is 31.2 Å². The number of esters is 1. The Morgan fingerprint density at radius 3 is 2.76 bits per heavy atom. The topological polar surface area (TPSA) is 81.4 Å². The smallest absolute Gasteiger partial charge is 0.377 e. The lowest BCUT2D eigenvalue weighted by Gasteiger charge is -2.12. The molecule has 1 aromatic carbocycles. The molecular weight excluding hydrogens is 296 g/mol. The summed E-state index contributed by atoms with van der Waals surface area (Å²) in [5, 5.41) is 6.67. The van der Waals surface area contributed by atoms with E-state index in [2.05, 4.69) is 10.5 Å². The third-order valence-electron chi connectivity index (χ3n) is 2.57. The predicted octanol–water partition coefficient (Wildman–Crippen LogP) is 2.82. The minimum Gasteiger partial charge on any atom is -0.447 e. The van der Waals surface area contributed by atoms with E-state index in [4.69, 9.17) is 20.9 Å². The van der Waals surface area contributed by atoms with Gasteiger partial charge in [-0.25, -0.2) is 4.79 Å². The molecule has 0 saturated heterocycles. The Morgan fingerprint density at radius 1 is 1.38 bits per heavy atom. The van der Waals surface area contributed by atoms with Gasteiger partial charge >= 0.3 is 5.97 Å². The number of nitrogens with zero attached hydrogens (tertiary/aromatic N) is 1. The zero-order valence-corrected chi connectivity index (χ0v) is 12.2. The van der Waals surface area contributed by atoms with Gasteiger partial charge in [-0.3, -0.25) is 4.79 Å². The average Bonchev–Trinajstić information content (AvgIpc) is 2.85. The van der Waals surface area contributed by atoms with E-state index in [0.717, 1.165) is 0 Å². The summed E-state index contributed by atoms with van der Waals surface area (Å²) >= 11 is 5.82. The summed E-state index contributed by atoms with van der Waals surface area (Å²) in [5.41, 5.74) is 1.07. The first-order valence-electron chi connectivity index (χ1n) is 6.16. The Morgan fingerprint density at radius 2 is 2.14 bits per heavy atom. The summed E-state index contributed by atoms with van der Waals surface area (Å²) in [4.78, 5) is 23.6. The van der Waals surface area contributed by atoms with E-state index in [1.807, 2.05) is 0 Å². The number of nitrogens with one attached hydrogen (secondary N) is 1. The first-order chi connectivity index (χ1) is 9.95. The Labute approximate surface area is 126 Å². The van der Waals surface area contributed by atoms with Crippen LogP contribution in [0.4, 0.5) is 5.69 Å². The van der Waals surface area contributed by atoms with Crippen LogP contribution in [-0.4, -0.2) is 23.1 Å². The van der Waals surface area contributed by atoms with Crippen LogP contribution in [0, 0.1) is 6.92 Å². The summed E-state index contributed by atoms with van der Waals surface area (Å²) in [6.07, 6.45) is -0.984. The molecule has 1 N–H and O–H groups in total. The van der Waals surface area contributed by atoms with Gasteiger partial charge in [-0.05, 0) is 32.0 Å². The number of hydrogen-bond donors (Lipinski definition) is 1. The molecule has 1 heterocycles.